The Bertz CT molecular complexity index is 642. The Morgan fingerprint density at radius 3 is 2.80 bits per heavy atom. The van der Waals surface area contributed by atoms with Crippen LogP contribution >= 0.6 is 0 Å². The molecule has 1 atom stereocenters. The number of para-hydroxylation sites is 1. The molecular weight excluding hydrogens is 260 g/mol. The fourth-order valence-corrected chi connectivity index (χ4v) is 1.69. The van der Waals surface area contributed by atoms with Gasteiger partial charge in [-0.15, -0.1) is 0 Å². The Balaban J connectivity index is 2.06. The van der Waals surface area contributed by atoms with E-state index in [1.165, 1.54) is 0 Å². The SMILES string of the molecule is COC(=O)C(O)CNC(=O)c1ccc2ccccc2n1. The summed E-state index contributed by atoms with van der Waals surface area (Å²) >= 11 is 0. The second-order valence-corrected chi connectivity index (χ2v) is 4.14. The number of aliphatic hydroxyl groups is 1. The van der Waals surface area contributed by atoms with E-state index in [1.807, 2.05) is 18.2 Å². The van der Waals surface area contributed by atoms with Gasteiger partial charge in [-0.05, 0) is 12.1 Å². The lowest BCUT2D eigenvalue weighted by atomic mass is 10.2. The average molecular weight is 274 g/mol. The van der Waals surface area contributed by atoms with E-state index >= 15 is 0 Å². The summed E-state index contributed by atoms with van der Waals surface area (Å²) in [5.74, 6) is -1.25. The van der Waals surface area contributed by atoms with E-state index in [9.17, 15) is 14.7 Å². The topological polar surface area (TPSA) is 88.5 Å². The van der Waals surface area contributed by atoms with Crippen molar-refractivity contribution in [2.75, 3.05) is 13.7 Å². The van der Waals surface area contributed by atoms with E-state index in [1.54, 1.807) is 18.2 Å². The number of ether oxygens (including phenoxy) is 1. The van der Waals surface area contributed by atoms with Crippen molar-refractivity contribution in [2.45, 2.75) is 6.10 Å². The van der Waals surface area contributed by atoms with Crippen molar-refractivity contribution >= 4 is 22.8 Å². The number of amides is 1. The van der Waals surface area contributed by atoms with Crippen LogP contribution in [-0.4, -0.2) is 41.7 Å². The summed E-state index contributed by atoms with van der Waals surface area (Å²) in [6.45, 7) is -0.222. The van der Waals surface area contributed by atoms with Crippen LogP contribution in [0, 0.1) is 0 Å². The highest BCUT2D eigenvalue weighted by atomic mass is 16.5. The molecule has 1 aromatic heterocycles. The van der Waals surface area contributed by atoms with Crippen LogP contribution in [0.5, 0.6) is 0 Å². The summed E-state index contributed by atoms with van der Waals surface area (Å²) in [4.78, 5) is 27.1. The third-order valence-corrected chi connectivity index (χ3v) is 2.76. The number of aliphatic hydroxyl groups excluding tert-OH is 1. The normalized spacial score (nSPS) is 11.9. The minimum Gasteiger partial charge on any atom is -0.467 e. The minimum absolute atomic E-state index is 0.222. The number of benzene rings is 1. The van der Waals surface area contributed by atoms with E-state index in [4.69, 9.17) is 0 Å². The van der Waals surface area contributed by atoms with Gasteiger partial charge >= 0.3 is 5.97 Å². The van der Waals surface area contributed by atoms with Gasteiger partial charge in [0.2, 0.25) is 0 Å². The molecule has 0 bridgehead atoms. The molecule has 0 spiro atoms. The summed E-state index contributed by atoms with van der Waals surface area (Å²) < 4.78 is 4.35. The molecule has 6 nitrogen and oxygen atoms in total. The molecule has 2 aromatic rings. The second kappa shape index (κ2) is 6.12. The molecule has 0 aliphatic rings. The van der Waals surface area contributed by atoms with E-state index in [-0.39, 0.29) is 12.2 Å². The Kier molecular flexibility index (Phi) is 4.27. The molecule has 0 saturated carbocycles. The predicted octanol–water partition coefficient (Wildman–Crippen LogP) is 0.498. The van der Waals surface area contributed by atoms with Crippen LogP contribution in [0.15, 0.2) is 36.4 Å². The zero-order valence-electron chi connectivity index (χ0n) is 10.9. The fraction of sp³-hybridized carbons (Fsp3) is 0.214. The number of carbonyl (C=O) groups excluding carboxylic acids is 2. The maximum absolute atomic E-state index is 11.9. The van der Waals surface area contributed by atoms with Gasteiger partial charge in [-0.3, -0.25) is 4.79 Å². The molecular formula is C14H14N2O4. The number of pyridine rings is 1. The van der Waals surface area contributed by atoms with Crippen molar-refractivity contribution in [1.82, 2.24) is 10.3 Å². The van der Waals surface area contributed by atoms with Crippen molar-refractivity contribution in [1.29, 1.82) is 0 Å². The highest BCUT2D eigenvalue weighted by Crippen LogP contribution is 2.11. The van der Waals surface area contributed by atoms with E-state index in [0.29, 0.717) is 5.52 Å². The predicted molar refractivity (Wildman–Crippen MR) is 72.1 cm³/mol. The molecule has 1 aromatic carbocycles. The summed E-state index contributed by atoms with van der Waals surface area (Å²) in [5.41, 5.74) is 0.925. The molecule has 2 rings (SSSR count). The van der Waals surface area contributed by atoms with Crippen molar-refractivity contribution < 1.29 is 19.4 Å². The lowest BCUT2D eigenvalue weighted by Gasteiger charge is -2.09. The standard InChI is InChI=1S/C14H14N2O4/c1-20-14(19)12(17)8-15-13(18)11-7-6-9-4-2-3-5-10(9)16-11/h2-7,12,17H,8H2,1H3,(H,15,18). The quantitative estimate of drug-likeness (QED) is 0.792. The van der Waals surface area contributed by atoms with Crippen LogP contribution in [0.4, 0.5) is 0 Å². The van der Waals surface area contributed by atoms with Gasteiger partial charge in [0.25, 0.3) is 5.91 Å². The molecule has 104 valence electrons. The van der Waals surface area contributed by atoms with E-state index in [0.717, 1.165) is 12.5 Å². The van der Waals surface area contributed by atoms with Crippen LogP contribution in [0.2, 0.25) is 0 Å². The number of hydrogen-bond donors (Lipinski definition) is 2. The van der Waals surface area contributed by atoms with Gasteiger partial charge in [0.1, 0.15) is 5.69 Å². The molecule has 1 heterocycles. The lowest BCUT2D eigenvalue weighted by molar-refractivity contribution is -0.149. The molecule has 0 saturated heterocycles. The van der Waals surface area contributed by atoms with Gasteiger partial charge in [0.15, 0.2) is 6.10 Å². The zero-order chi connectivity index (χ0) is 14.5. The number of hydrogen-bond acceptors (Lipinski definition) is 5. The zero-order valence-corrected chi connectivity index (χ0v) is 10.9. The van der Waals surface area contributed by atoms with Crippen molar-refractivity contribution in [3.63, 3.8) is 0 Å². The van der Waals surface area contributed by atoms with Crippen LogP contribution in [0.3, 0.4) is 0 Å². The van der Waals surface area contributed by atoms with Gasteiger partial charge in [0.05, 0.1) is 19.2 Å². The number of nitrogens with zero attached hydrogens (tertiary/aromatic N) is 1. The molecule has 20 heavy (non-hydrogen) atoms. The second-order valence-electron chi connectivity index (χ2n) is 4.14. The number of esters is 1. The molecule has 0 aliphatic carbocycles. The molecule has 2 N–H and O–H groups in total. The largest absolute Gasteiger partial charge is 0.467 e. The Hall–Kier alpha value is -2.47. The van der Waals surface area contributed by atoms with Gasteiger partial charge < -0.3 is 15.2 Å². The van der Waals surface area contributed by atoms with Gasteiger partial charge in [-0.25, -0.2) is 9.78 Å². The third kappa shape index (κ3) is 3.10. The maximum atomic E-state index is 11.9. The van der Waals surface area contributed by atoms with Gasteiger partial charge in [-0.1, -0.05) is 24.3 Å². The van der Waals surface area contributed by atoms with Crippen LogP contribution < -0.4 is 5.32 Å². The first-order valence-electron chi connectivity index (χ1n) is 6.01. The molecule has 6 heteroatoms. The van der Waals surface area contributed by atoms with Gasteiger partial charge in [-0.2, -0.15) is 0 Å². The summed E-state index contributed by atoms with van der Waals surface area (Å²) in [5, 5.41) is 12.7. The van der Waals surface area contributed by atoms with Crippen LogP contribution in [-0.2, 0) is 9.53 Å². The number of fused-ring (bicyclic) bond motifs is 1. The molecule has 0 fully saturated rings. The highest BCUT2D eigenvalue weighted by Gasteiger charge is 2.17. The molecule has 0 aliphatic heterocycles. The minimum atomic E-state index is -1.38. The van der Waals surface area contributed by atoms with E-state index in [2.05, 4.69) is 15.0 Å². The van der Waals surface area contributed by atoms with Gasteiger partial charge in [0, 0.05) is 5.39 Å². The number of aromatic nitrogens is 1. The smallest absolute Gasteiger partial charge is 0.336 e. The number of methoxy groups -OCH3 is 1. The first kappa shape index (κ1) is 14.0. The lowest BCUT2D eigenvalue weighted by Crippen LogP contribution is -2.37. The Labute approximate surface area is 115 Å². The molecule has 1 unspecified atom stereocenters. The molecule has 0 radical (unpaired) electrons. The third-order valence-electron chi connectivity index (χ3n) is 2.76. The van der Waals surface area contributed by atoms with Crippen LogP contribution in [0.1, 0.15) is 10.5 Å². The Morgan fingerprint density at radius 1 is 1.30 bits per heavy atom. The summed E-state index contributed by atoms with van der Waals surface area (Å²) in [6, 6.07) is 10.8. The number of rotatable bonds is 4. The number of nitrogens with one attached hydrogen (secondary N) is 1. The first-order chi connectivity index (χ1) is 9.61. The van der Waals surface area contributed by atoms with E-state index < -0.39 is 18.0 Å². The average Bonchev–Trinajstić information content (AvgIpc) is 2.50. The summed E-state index contributed by atoms with van der Waals surface area (Å²) in [7, 11) is 1.16. The molecule has 1 amide bonds. The van der Waals surface area contributed by atoms with Crippen molar-refractivity contribution in [3.8, 4) is 0 Å². The summed E-state index contributed by atoms with van der Waals surface area (Å²) in [6.07, 6.45) is -1.38. The fourth-order valence-electron chi connectivity index (χ4n) is 1.69. The highest BCUT2D eigenvalue weighted by molar-refractivity contribution is 5.95. The van der Waals surface area contributed by atoms with Crippen molar-refractivity contribution in [2.24, 2.45) is 0 Å². The monoisotopic (exact) mass is 274 g/mol. The number of carbonyl (C=O) groups is 2. The maximum Gasteiger partial charge on any atom is 0.336 e. The van der Waals surface area contributed by atoms with Crippen molar-refractivity contribution in [3.05, 3.63) is 42.1 Å². The van der Waals surface area contributed by atoms with Crippen LogP contribution in [0.25, 0.3) is 10.9 Å². The first-order valence-corrected chi connectivity index (χ1v) is 6.01. The Morgan fingerprint density at radius 2 is 2.05 bits per heavy atom.